The van der Waals surface area contributed by atoms with Crippen molar-refractivity contribution < 1.29 is 12.8 Å². The summed E-state index contributed by atoms with van der Waals surface area (Å²) in [5.74, 6) is 0.906. The summed E-state index contributed by atoms with van der Waals surface area (Å²) in [6.07, 6.45) is 0. The number of hydrogen-bond donors (Lipinski definition) is 2. The minimum Gasteiger partial charge on any atom is -0.465 e. The zero-order valence-corrected chi connectivity index (χ0v) is 14.3. The molecule has 0 radical (unpaired) electrons. The van der Waals surface area contributed by atoms with Crippen LogP contribution < -0.4 is 10.5 Å². The van der Waals surface area contributed by atoms with Gasteiger partial charge in [0.2, 0.25) is 10.0 Å². The molecule has 0 atom stereocenters. The van der Waals surface area contributed by atoms with Crippen molar-refractivity contribution in [1.29, 1.82) is 0 Å². The summed E-state index contributed by atoms with van der Waals surface area (Å²) in [6.45, 7) is 3.70. The number of sulfonamides is 1. The Kier molecular flexibility index (Phi) is 4.70. The van der Waals surface area contributed by atoms with Crippen LogP contribution in [0.25, 0.3) is 0 Å². The minimum absolute atomic E-state index is 0.127. The van der Waals surface area contributed by atoms with Gasteiger partial charge in [-0.1, -0.05) is 0 Å². The Labute approximate surface area is 130 Å². The molecule has 20 heavy (non-hydrogen) atoms. The Morgan fingerprint density at radius 2 is 2.10 bits per heavy atom. The highest BCUT2D eigenvalue weighted by Gasteiger charge is 2.26. The maximum atomic E-state index is 12.4. The van der Waals surface area contributed by atoms with E-state index < -0.39 is 10.0 Å². The second kappa shape index (κ2) is 5.98. The molecule has 0 aliphatic heterocycles. The summed E-state index contributed by atoms with van der Waals surface area (Å²) in [7, 11) is -3.64. The second-order valence-corrected chi connectivity index (χ2v) is 7.80. The molecule has 0 unspecified atom stereocenters. The molecule has 2 rings (SSSR count). The van der Waals surface area contributed by atoms with Crippen molar-refractivity contribution in [3.8, 4) is 0 Å². The maximum Gasteiger partial charge on any atom is 0.244 e. The van der Waals surface area contributed by atoms with E-state index >= 15 is 0 Å². The lowest BCUT2D eigenvalue weighted by atomic mass is 10.2. The van der Waals surface area contributed by atoms with E-state index in [1.807, 2.05) is 11.4 Å². The molecular weight excluding hydrogens is 364 g/mol. The lowest BCUT2D eigenvalue weighted by molar-refractivity contribution is 0.494. The molecule has 0 fully saturated rings. The largest absolute Gasteiger partial charge is 0.465 e. The molecule has 8 heteroatoms. The zero-order chi connectivity index (χ0) is 14.9. The Morgan fingerprint density at radius 3 is 2.65 bits per heavy atom. The van der Waals surface area contributed by atoms with Gasteiger partial charge in [0.05, 0.1) is 0 Å². The molecule has 0 aromatic carbocycles. The first-order chi connectivity index (χ1) is 9.36. The van der Waals surface area contributed by atoms with E-state index in [2.05, 4.69) is 20.7 Å². The number of nitrogens with one attached hydrogen (secondary N) is 1. The summed E-state index contributed by atoms with van der Waals surface area (Å²) < 4.78 is 33.7. The molecule has 5 nitrogen and oxygen atoms in total. The monoisotopic (exact) mass is 378 g/mol. The fourth-order valence-corrected chi connectivity index (χ4v) is 4.96. The van der Waals surface area contributed by atoms with Crippen LogP contribution in [0, 0.1) is 13.8 Å². The second-order valence-electron chi connectivity index (χ2n) is 4.24. The number of rotatable bonds is 5. The van der Waals surface area contributed by atoms with Gasteiger partial charge >= 0.3 is 0 Å². The number of hydrogen-bond acceptors (Lipinski definition) is 5. The topological polar surface area (TPSA) is 85.3 Å². The molecule has 0 bridgehead atoms. The molecule has 0 saturated carbocycles. The van der Waals surface area contributed by atoms with Crippen LogP contribution in [-0.4, -0.2) is 8.42 Å². The van der Waals surface area contributed by atoms with Crippen LogP contribution >= 0.6 is 27.3 Å². The molecular formula is C12H15BrN2O3S2. The van der Waals surface area contributed by atoms with Gasteiger partial charge in [-0.05, 0) is 41.2 Å². The first-order valence-corrected chi connectivity index (χ1v) is 9.03. The Bertz CT molecular complexity index is 719. The Balaban J connectivity index is 2.29. The summed E-state index contributed by atoms with van der Waals surface area (Å²) >= 11 is 4.86. The molecule has 2 heterocycles. The van der Waals surface area contributed by atoms with E-state index in [-0.39, 0.29) is 18.0 Å². The van der Waals surface area contributed by atoms with Crippen LogP contribution in [0.4, 0.5) is 0 Å². The Hall–Kier alpha value is -0.670. The van der Waals surface area contributed by atoms with E-state index in [9.17, 15) is 8.42 Å². The number of furan rings is 1. The number of nitrogens with two attached hydrogens (primary N) is 1. The third-order valence-electron chi connectivity index (χ3n) is 2.91. The summed E-state index contributed by atoms with van der Waals surface area (Å²) in [4.78, 5) is 1.07. The van der Waals surface area contributed by atoms with Gasteiger partial charge in [0.15, 0.2) is 0 Å². The van der Waals surface area contributed by atoms with Crippen LogP contribution in [0.2, 0.25) is 0 Å². The first kappa shape index (κ1) is 15.7. The predicted molar refractivity (Wildman–Crippen MR) is 82.1 cm³/mol. The van der Waals surface area contributed by atoms with Crippen LogP contribution in [0.5, 0.6) is 0 Å². The summed E-state index contributed by atoms with van der Waals surface area (Å²) in [5.41, 5.74) is 6.15. The Morgan fingerprint density at radius 1 is 1.40 bits per heavy atom. The molecule has 0 amide bonds. The van der Waals surface area contributed by atoms with Crippen molar-refractivity contribution in [2.24, 2.45) is 5.73 Å². The minimum atomic E-state index is -3.64. The van der Waals surface area contributed by atoms with E-state index in [1.54, 1.807) is 13.8 Å². The molecule has 2 aromatic rings. The third kappa shape index (κ3) is 2.99. The third-order valence-corrected chi connectivity index (χ3v) is 6.43. The van der Waals surface area contributed by atoms with E-state index in [0.29, 0.717) is 17.1 Å². The molecule has 0 saturated heterocycles. The predicted octanol–water partition coefficient (Wildman–Crippen LogP) is 2.66. The highest BCUT2D eigenvalue weighted by Crippen LogP contribution is 2.27. The smallest absolute Gasteiger partial charge is 0.244 e. The van der Waals surface area contributed by atoms with Crippen molar-refractivity contribution in [3.63, 3.8) is 0 Å². The van der Waals surface area contributed by atoms with Crippen LogP contribution in [0.3, 0.4) is 0 Å². The highest BCUT2D eigenvalue weighted by molar-refractivity contribution is 9.10. The van der Waals surface area contributed by atoms with Crippen molar-refractivity contribution in [2.45, 2.75) is 31.8 Å². The van der Waals surface area contributed by atoms with E-state index in [4.69, 9.17) is 10.2 Å². The lowest BCUT2D eigenvalue weighted by Gasteiger charge is -2.07. The fourth-order valence-electron chi connectivity index (χ4n) is 1.98. The van der Waals surface area contributed by atoms with Gasteiger partial charge in [-0.2, -0.15) is 0 Å². The molecule has 3 N–H and O–H groups in total. The van der Waals surface area contributed by atoms with E-state index in [1.165, 1.54) is 11.3 Å². The average Bonchev–Trinajstić information content (AvgIpc) is 2.90. The first-order valence-electron chi connectivity index (χ1n) is 5.87. The summed E-state index contributed by atoms with van der Waals surface area (Å²) in [5, 5.41) is 1.90. The van der Waals surface area contributed by atoms with Crippen molar-refractivity contribution in [3.05, 3.63) is 37.9 Å². The van der Waals surface area contributed by atoms with Crippen LogP contribution in [0.15, 0.2) is 25.2 Å². The number of thiophene rings is 1. The average molecular weight is 379 g/mol. The summed E-state index contributed by atoms with van der Waals surface area (Å²) in [6, 6.07) is 1.88. The zero-order valence-electron chi connectivity index (χ0n) is 11.1. The fraction of sp³-hybridized carbons (Fsp3) is 0.333. The SMILES string of the molecule is Cc1oc(C)c(S(=O)(=O)NCc2sccc2Br)c1CN. The molecule has 0 aliphatic rings. The molecule has 110 valence electrons. The van der Waals surface area contributed by atoms with Crippen LogP contribution in [0.1, 0.15) is 22.0 Å². The van der Waals surface area contributed by atoms with Gasteiger partial charge in [0.1, 0.15) is 16.4 Å². The lowest BCUT2D eigenvalue weighted by Crippen LogP contribution is -2.24. The van der Waals surface area contributed by atoms with Gasteiger partial charge in [0.25, 0.3) is 0 Å². The van der Waals surface area contributed by atoms with Crippen LogP contribution in [-0.2, 0) is 23.1 Å². The molecule has 0 spiro atoms. The molecule has 2 aromatic heterocycles. The van der Waals surface area contributed by atoms with Gasteiger partial charge in [0, 0.05) is 28.0 Å². The van der Waals surface area contributed by atoms with Crippen molar-refractivity contribution in [2.75, 3.05) is 0 Å². The van der Waals surface area contributed by atoms with Crippen molar-refractivity contribution >= 4 is 37.3 Å². The molecule has 0 aliphatic carbocycles. The van der Waals surface area contributed by atoms with Crippen molar-refractivity contribution in [1.82, 2.24) is 4.72 Å². The quantitative estimate of drug-likeness (QED) is 0.837. The van der Waals surface area contributed by atoms with Gasteiger partial charge in [-0.3, -0.25) is 0 Å². The van der Waals surface area contributed by atoms with Gasteiger partial charge in [-0.15, -0.1) is 11.3 Å². The van der Waals surface area contributed by atoms with Gasteiger partial charge < -0.3 is 10.2 Å². The number of halogens is 1. The number of aryl methyl sites for hydroxylation is 2. The normalized spacial score (nSPS) is 12.0. The standard InChI is InChI=1S/C12H15BrN2O3S2/c1-7-9(5-14)12(8(2)18-7)20(16,17)15-6-11-10(13)3-4-19-11/h3-4,15H,5-6,14H2,1-2H3. The van der Waals surface area contributed by atoms with Gasteiger partial charge in [-0.25, -0.2) is 13.1 Å². The highest BCUT2D eigenvalue weighted by atomic mass is 79.9. The maximum absolute atomic E-state index is 12.4. The van der Waals surface area contributed by atoms with E-state index in [0.717, 1.165) is 9.35 Å².